The lowest BCUT2D eigenvalue weighted by atomic mass is 10.1. The Hall–Kier alpha value is -5.90. The summed E-state index contributed by atoms with van der Waals surface area (Å²) in [7, 11) is 0.968. The average Bonchev–Trinajstić information content (AvgIpc) is 3.03. The zero-order valence-corrected chi connectivity index (χ0v) is 30.6. The highest BCUT2D eigenvalue weighted by atomic mass is 19.4. The van der Waals surface area contributed by atoms with Gasteiger partial charge in [-0.1, -0.05) is 0 Å². The van der Waals surface area contributed by atoms with Crippen molar-refractivity contribution in [2.75, 3.05) is 30.5 Å². The summed E-state index contributed by atoms with van der Waals surface area (Å²) in [6.07, 6.45) is -11.1. The van der Waals surface area contributed by atoms with Crippen LogP contribution in [-0.4, -0.2) is 90.9 Å². The maximum atomic E-state index is 13.8. The van der Waals surface area contributed by atoms with Crippen LogP contribution in [0.4, 0.5) is 34.1 Å². The fourth-order valence-electron chi connectivity index (χ4n) is 4.85. The second-order valence-corrected chi connectivity index (χ2v) is 13.5. The molecular formula is C35H39F3N4O12. The van der Waals surface area contributed by atoms with Crippen LogP contribution in [0, 0.1) is 11.3 Å². The van der Waals surface area contributed by atoms with Gasteiger partial charge < -0.3 is 38.6 Å². The minimum absolute atomic E-state index is 0.00357. The number of halogens is 3. The number of alkyl halides is 3. The van der Waals surface area contributed by atoms with Crippen molar-refractivity contribution in [3.63, 3.8) is 0 Å². The van der Waals surface area contributed by atoms with Gasteiger partial charge in [-0.2, -0.15) is 5.26 Å². The fourth-order valence-corrected chi connectivity index (χ4v) is 4.85. The molecule has 1 aliphatic rings. The SMILES string of the molecule is COC(=O)c1cc(OC(F)(F)F)ccc1N1CCOC(C(OC(C)=O)C(=O)Nc2ccc(C#N)c(CN(C(=O)OC(C)(C)C)C(=O)OC(C)(C)C)c2)C1=O. The molecule has 292 valence electrons. The summed E-state index contributed by atoms with van der Waals surface area (Å²) < 4.78 is 68.7. The van der Waals surface area contributed by atoms with E-state index < -0.39 is 83.6 Å². The first-order valence-electron chi connectivity index (χ1n) is 16.1. The molecule has 16 nitrogen and oxygen atoms in total. The Kier molecular flexibility index (Phi) is 13.3. The van der Waals surface area contributed by atoms with Gasteiger partial charge in [-0.05, 0) is 83.5 Å². The zero-order chi connectivity index (χ0) is 40.8. The van der Waals surface area contributed by atoms with E-state index in [1.807, 2.05) is 6.07 Å². The van der Waals surface area contributed by atoms with Crippen LogP contribution in [0.15, 0.2) is 36.4 Å². The Morgan fingerprint density at radius 2 is 1.61 bits per heavy atom. The second kappa shape index (κ2) is 16.8. The number of anilines is 2. The van der Waals surface area contributed by atoms with Gasteiger partial charge in [0.2, 0.25) is 6.10 Å². The van der Waals surface area contributed by atoms with E-state index in [0.29, 0.717) is 4.90 Å². The van der Waals surface area contributed by atoms with Crippen LogP contribution in [0.25, 0.3) is 0 Å². The first-order chi connectivity index (χ1) is 24.9. The zero-order valence-electron chi connectivity index (χ0n) is 30.6. The number of amides is 4. The predicted molar refractivity (Wildman–Crippen MR) is 180 cm³/mol. The third-order valence-corrected chi connectivity index (χ3v) is 6.90. The number of hydrogen-bond donors (Lipinski definition) is 1. The van der Waals surface area contributed by atoms with Gasteiger partial charge in [-0.3, -0.25) is 14.4 Å². The molecule has 4 amide bonds. The van der Waals surface area contributed by atoms with Gasteiger partial charge in [-0.15, -0.1) is 13.2 Å². The van der Waals surface area contributed by atoms with Crippen molar-refractivity contribution in [3.05, 3.63) is 53.1 Å². The summed E-state index contributed by atoms with van der Waals surface area (Å²) in [5.41, 5.74) is -2.72. The van der Waals surface area contributed by atoms with Crippen molar-refractivity contribution in [2.45, 2.75) is 84.8 Å². The lowest BCUT2D eigenvalue weighted by Gasteiger charge is -2.35. The largest absolute Gasteiger partial charge is 0.573 e. The molecular weight excluding hydrogens is 725 g/mol. The van der Waals surface area contributed by atoms with Crippen molar-refractivity contribution < 1.29 is 70.4 Å². The maximum absolute atomic E-state index is 13.8. The molecule has 0 spiro atoms. The molecule has 0 aliphatic carbocycles. The smallest absolute Gasteiger partial charge is 0.465 e. The molecule has 2 atom stereocenters. The molecule has 2 aromatic carbocycles. The van der Waals surface area contributed by atoms with Crippen LogP contribution in [0.3, 0.4) is 0 Å². The standard InChI is InChI=1S/C35H39F3N4O12/c1-19(43)51-26(27-29(45)41(13-14-50-27)25-12-11-23(52-35(36,37)38)16-24(25)30(46)49-8)28(44)40-22-10-9-20(17-39)21(15-22)18-42(31(47)53-33(2,3)4)32(48)54-34(5,6)7/h9-12,15-16,26-27H,13-14,18H2,1-8H3,(H,40,44). The van der Waals surface area contributed by atoms with Gasteiger partial charge in [0, 0.05) is 19.2 Å². The lowest BCUT2D eigenvalue weighted by Crippen LogP contribution is -2.56. The molecule has 19 heteroatoms. The number of imide groups is 1. The van der Waals surface area contributed by atoms with E-state index >= 15 is 0 Å². The van der Waals surface area contributed by atoms with E-state index in [0.717, 1.165) is 37.1 Å². The third kappa shape index (κ3) is 11.8. The first kappa shape index (κ1) is 42.5. The van der Waals surface area contributed by atoms with Crippen LogP contribution in [-0.2, 0) is 44.6 Å². The van der Waals surface area contributed by atoms with E-state index in [4.69, 9.17) is 18.9 Å². The highest BCUT2D eigenvalue weighted by molar-refractivity contribution is 6.08. The summed E-state index contributed by atoms with van der Waals surface area (Å²) in [4.78, 5) is 80.0. The summed E-state index contributed by atoms with van der Waals surface area (Å²) >= 11 is 0. The third-order valence-electron chi connectivity index (χ3n) is 6.90. The van der Waals surface area contributed by atoms with Crippen molar-refractivity contribution in [3.8, 4) is 11.8 Å². The number of ether oxygens (including phenoxy) is 6. The Labute approximate surface area is 307 Å². The van der Waals surface area contributed by atoms with Crippen LogP contribution >= 0.6 is 0 Å². The Balaban J connectivity index is 1.97. The molecule has 1 N–H and O–H groups in total. The molecule has 1 saturated heterocycles. The van der Waals surface area contributed by atoms with Crippen molar-refractivity contribution >= 4 is 47.3 Å². The molecule has 2 unspecified atom stereocenters. The average molecular weight is 765 g/mol. The molecule has 54 heavy (non-hydrogen) atoms. The van der Waals surface area contributed by atoms with E-state index in [2.05, 4.69) is 14.8 Å². The monoisotopic (exact) mass is 764 g/mol. The molecule has 3 rings (SSSR count). The first-order valence-corrected chi connectivity index (χ1v) is 16.1. The molecule has 0 bridgehead atoms. The number of nitrogens with zero attached hydrogens (tertiary/aromatic N) is 3. The molecule has 0 saturated carbocycles. The van der Waals surface area contributed by atoms with E-state index in [1.165, 1.54) is 18.2 Å². The Morgan fingerprint density at radius 1 is 1.00 bits per heavy atom. The minimum Gasteiger partial charge on any atom is -0.465 e. The van der Waals surface area contributed by atoms with Gasteiger partial charge in [0.25, 0.3) is 11.8 Å². The Bertz CT molecular complexity index is 1800. The normalized spacial score (nSPS) is 15.3. The van der Waals surface area contributed by atoms with Gasteiger partial charge in [0.05, 0.1) is 43.1 Å². The molecule has 1 fully saturated rings. The highest BCUT2D eigenvalue weighted by Gasteiger charge is 2.44. The lowest BCUT2D eigenvalue weighted by molar-refractivity contribution is -0.274. The van der Waals surface area contributed by atoms with Gasteiger partial charge in [0.1, 0.15) is 17.0 Å². The summed E-state index contributed by atoms with van der Waals surface area (Å²) in [5.74, 6) is -5.00. The van der Waals surface area contributed by atoms with Crippen LogP contribution in [0.5, 0.6) is 5.75 Å². The van der Waals surface area contributed by atoms with Gasteiger partial charge in [0.15, 0.2) is 6.10 Å². The Morgan fingerprint density at radius 3 is 2.13 bits per heavy atom. The highest BCUT2D eigenvalue weighted by Crippen LogP contribution is 2.32. The number of benzene rings is 2. The maximum Gasteiger partial charge on any atom is 0.573 e. The topological polar surface area (TPSA) is 200 Å². The number of rotatable bonds is 9. The molecule has 0 radical (unpaired) electrons. The van der Waals surface area contributed by atoms with Crippen LogP contribution in [0.1, 0.15) is 70.0 Å². The van der Waals surface area contributed by atoms with Crippen molar-refractivity contribution in [1.29, 1.82) is 5.26 Å². The number of nitrogens with one attached hydrogen (secondary N) is 1. The number of morpholine rings is 1. The molecule has 1 aliphatic heterocycles. The summed E-state index contributed by atoms with van der Waals surface area (Å²) in [6.45, 7) is 9.37. The van der Waals surface area contributed by atoms with Crippen LogP contribution < -0.4 is 15.0 Å². The molecule has 2 aromatic rings. The number of carbonyl (C=O) groups excluding carboxylic acids is 6. The van der Waals surface area contributed by atoms with Crippen molar-refractivity contribution in [2.24, 2.45) is 0 Å². The predicted octanol–water partition coefficient (Wildman–Crippen LogP) is 5.22. The van der Waals surface area contributed by atoms with E-state index in [1.54, 1.807) is 41.5 Å². The van der Waals surface area contributed by atoms with Gasteiger partial charge in [-0.25, -0.2) is 19.3 Å². The van der Waals surface area contributed by atoms with E-state index in [-0.39, 0.29) is 35.7 Å². The van der Waals surface area contributed by atoms with E-state index in [9.17, 15) is 47.2 Å². The van der Waals surface area contributed by atoms with Crippen LogP contribution in [0.2, 0.25) is 0 Å². The number of hydrogen-bond acceptors (Lipinski definition) is 13. The molecule has 0 aromatic heterocycles. The number of nitriles is 1. The number of carbonyl (C=O) groups is 6. The number of methoxy groups -OCH3 is 1. The minimum atomic E-state index is -5.09. The molecule has 1 heterocycles. The number of esters is 2. The summed E-state index contributed by atoms with van der Waals surface area (Å²) in [5, 5.41) is 12.3. The van der Waals surface area contributed by atoms with Gasteiger partial charge >= 0.3 is 30.5 Å². The summed E-state index contributed by atoms with van der Waals surface area (Å²) in [6, 6.07) is 8.34. The fraction of sp³-hybridized carbons (Fsp3) is 0.457. The second-order valence-electron chi connectivity index (χ2n) is 13.5. The van der Waals surface area contributed by atoms with Crippen molar-refractivity contribution in [1.82, 2.24) is 4.90 Å². The quantitative estimate of drug-likeness (QED) is 0.258.